The van der Waals surface area contributed by atoms with E-state index in [0.717, 1.165) is 17.2 Å². The number of hydrogen-bond donors (Lipinski definition) is 0. The summed E-state index contributed by atoms with van der Waals surface area (Å²) in [5.74, 6) is -0.514. The number of nitrogens with zero attached hydrogens (tertiary/aromatic N) is 3. The number of aryl methyl sites for hydroxylation is 1. The fourth-order valence-electron chi connectivity index (χ4n) is 4.81. The van der Waals surface area contributed by atoms with Gasteiger partial charge in [0.1, 0.15) is 5.82 Å². The summed E-state index contributed by atoms with van der Waals surface area (Å²) in [7, 11) is 0. The zero-order chi connectivity index (χ0) is 20.7. The highest BCUT2D eigenvalue weighted by Crippen LogP contribution is 2.46. The molecule has 148 valence electrons. The van der Waals surface area contributed by atoms with Gasteiger partial charge in [0.2, 0.25) is 5.91 Å². The Morgan fingerprint density at radius 3 is 2.59 bits per heavy atom. The van der Waals surface area contributed by atoms with Gasteiger partial charge in [0, 0.05) is 44.0 Å². The lowest BCUT2D eigenvalue weighted by molar-refractivity contribution is -0.130. The van der Waals surface area contributed by atoms with Crippen LogP contribution < -0.4 is 0 Å². The third-order valence-electron chi connectivity index (χ3n) is 6.14. The van der Waals surface area contributed by atoms with Crippen LogP contribution in [-0.4, -0.2) is 41.2 Å². The van der Waals surface area contributed by atoms with Gasteiger partial charge < -0.3 is 9.80 Å². The van der Waals surface area contributed by atoms with Gasteiger partial charge >= 0.3 is 0 Å². The third kappa shape index (κ3) is 3.38. The van der Waals surface area contributed by atoms with E-state index in [1.807, 2.05) is 36.1 Å². The Labute approximate surface area is 169 Å². The number of fused-ring (bicyclic) bond motifs is 1. The van der Waals surface area contributed by atoms with Crippen LogP contribution in [-0.2, 0) is 4.79 Å². The van der Waals surface area contributed by atoms with Crippen molar-refractivity contribution in [3.8, 4) is 6.07 Å². The summed E-state index contributed by atoms with van der Waals surface area (Å²) in [6.07, 6.45) is 0. The molecule has 2 aliphatic heterocycles. The Kier molecular flexibility index (Phi) is 4.83. The van der Waals surface area contributed by atoms with E-state index in [4.69, 9.17) is 5.26 Å². The topological polar surface area (TPSA) is 64.4 Å². The lowest BCUT2D eigenvalue weighted by atomic mass is 9.87. The predicted octanol–water partition coefficient (Wildman–Crippen LogP) is 3.30. The molecule has 2 aromatic rings. The van der Waals surface area contributed by atoms with Crippen molar-refractivity contribution < 1.29 is 14.0 Å². The molecule has 0 aliphatic carbocycles. The van der Waals surface area contributed by atoms with Crippen LogP contribution in [0.25, 0.3) is 0 Å². The highest BCUT2D eigenvalue weighted by Gasteiger charge is 2.49. The molecule has 3 atom stereocenters. The number of hydrogen-bond acceptors (Lipinski definition) is 3. The zero-order valence-corrected chi connectivity index (χ0v) is 16.4. The van der Waals surface area contributed by atoms with Crippen LogP contribution in [0.15, 0.2) is 42.5 Å². The van der Waals surface area contributed by atoms with E-state index in [0.29, 0.717) is 19.6 Å². The second-order valence-electron chi connectivity index (χ2n) is 7.95. The highest BCUT2D eigenvalue weighted by atomic mass is 19.1. The molecule has 6 heteroatoms. The highest BCUT2D eigenvalue weighted by molar-refractivity contribution is 5.95. The average molecular weight is 391 g/mol. The number of amides is 2. The van der Waals surface area contributed by atoms with Gasteiger partial charge in [-0.2, -0.15) is 5.26 Å². The molecule has 0 unspecified atom stereocenters. The van der Waals surface area contributed by atoms with Crippen molar-refractivity contribution >= 4 is 11.8 Å². The second-order valence-corrected chi connectivity index (χ2v) is 7.95. The standard InChI is InChI=1S/C23H22FN3O2/c1-14-5-3-4-6-20(14)22-21-13-26(11-18(21)12-27(22)15(2)28)23(29)17-7-16(10-25)8-19(24)9-17/h3-9,18,21-22H,11-13H2,1-2H3/t18-,21-,22-/m1/s1. The lowest BCUT2D eigenvalue weighted by Gasteiger charge is -2.30. The van der Waals surface area contributed by atoms with E-state index < -0.39 is 5.82 Å². The van der Waals surface area contributed by atoms with Crippen LogP contribution >= 0.6 is 0 Å². The number of nitriles is 1. The molecule has 5 nitrogen and oxygen atoms in total. The van der Waals surface area contributed by atoms with Crippen molar-refractivity contribution in [1.82, 2.24) is 9.80 Å². The van der Waals surface area contributed by atoms with Crippen LogP contribution in [0.4, 0.5) is 4.39 Å². The van der Waals surface area contributed by atoms with Gasteiger partial charge in [0.25, 0.3) is 5.91 Å². The minimum atomic E-state index is -0.590. The smallest absolute Gasteiger partial charge is 0.254 e. The minimum absolute atomic E-state index is 0.0364. The maximum absolute atomic E-state index is 13.8. The first-order chi connectivity index (χ1) is 13.9. The van der Waals surface area contributed by atoms with E-state index in [2.05, 4.69) is 6.07 Å². The third-order valence-corrected chi connectivity index (χ3v) is 6.14. The minimum Gasteiger partial charge on any atom is -0.338 e. The molecule has 2 fully saturated rings. The predicted molar refractivity (Wildman–Crippen MR) is 105 cm³/mol. The van der Waals surface area contributed by atoms with Crippen molar-refractivity contribution in [2.45, 2.75) is 19.9 Å². The van der Waals surface area contributed by atoms with Crippen LogP contribution in [0.5, 0.6) is 0 Å². The Morgan fingerprint density at radius 2 is 1.90 bits per heavy atom. The first-order valence-electron chi connectivity index (χ1n) is 9.71. The van der Waals surface area contributed by atoms with E-state index in [1.54, 1.807) is 11.8 Å². The van der Waals surface area contributed by atoms with E-state index in [9.17, 15) is 14.0 Å². The summed E-state index contributed by atoms with van der Waals surface area (Å²) in [4.78, 5) is 28.9. The molecule has 0 bridgehead atoms. The monoisotopic (exact) mass is 391 g/mol. The molecular formula is C23H22FN3O2. The average Bonchev–Trinajstić information content (AvgIpc) is 3.25. The molecule has 29 heavy (non-hydrogen) atoms. The molecular weight excluding hydrogens is 369 g/mol. The molecule has 4 rings (SSSR count). The van der Waals surface area contributed by atoms with Gasteiger partial charge in [-0.1, -0.05) is 24.3 Å². The second kappa shape index (κ2) is 7.32. The Bertz CT molecular complexity index is 1030. The first-order valence-corrected chi connectivity index (χ1v) is 9.71. The Hall–Kier alpha value is -3.20. The van der Waals surface area contributed by atoms with Crippen molar-refractivity contribution in [2.75, 3.05) is 19.6 Å². The maximum atomic E-state index is 13.8. The fraction of sp³-hybridized carbons (Fsp3) is 0.348. The Morgan fingerprint density at radius 1 is 1.14 bits per heavy atom. The summed E-state index contributed by atoms with van der Waals surface area (Å²) in [5, 5.41) is 9.05. The van der Waals surface area contributed by atoms with Crippen molar-refractivity contribution in [1.29, 1.82) is 5.26 Å². The van der Waals surface area contributed by atoms with Crippen molar-refractivity contribution in [3.05, 3.63) is 70.5 Å². The quantitative estimate of drug-likeness (QED) is 0.789. The normalized spacial score (nSPS) is 23.0. The number of halogens is 1. The first kappa shape index (κ1) is 19.1. The molecule has 2 saturated heterocycles. The number of carbonyl (C=O) groups is 2. The van der Waals surface area contributed by atoms with Crippen molar-refractivity contribution in [2.24, 2.45) is 11.8 Å². The van der Waals surface area contributed by atoms with Gasteiger partial charge in [-0.25, -0.2) is 4.39 Å². The van der Waals surface area contributed by atoms with Crippen LogP contribution in [0.1, 0.15) is 40.0 Å². The summed E-state index contributed by atoms with van der Waals surface area (Å²) in [6.45, 7) is 5.26. The number of carbonyl (C=O) groups excluding carboxylic acids is 2. The van der Waals surface area contributed by atoms with Gasteiger partial charge in [-0.3, -0.25) is 9.59 Å². The van der Waals surface area contributed by atoms with Crippen LogP contribution in [0.3, 0.4) is 0 Å². The largest absolute Gasteiger partial charge is 0.338 e. The number of rotatable bonds is 2. The van der Waals surface area contributed by atoms with Gasteiger partial charge in [-0.15, -0.1) is 0 Å². The lowest BCUT2D eigenvalue weighted by Crippen LogP contribution is -2.36. The zero-order valence-electron chi connectivity index (χ0n) is 16.4. The molecule has 2 aromatic carbocycles. The van der Waals surface area contributed by atoms with Gasteiger partial charge in [0.05, 0.1) is 17.7 Å². The summed E-state index contributed by atoms with van der Waals surface area (Å²) < 4.78 is 13.8. The molecule has 0 spiro atoms. The van der Waals surface area contributed by atoms with E-state index >= 15 is 0 Å². The van der Waals surface area contributed by atoms with Gasteiger partial charge in [0.15, 0.2) is 0 Å². The molecule has 0 saturated carbocycles. The van der Waals surface area contributed by atoms with Crippen LogP contribution in [0.2, 0.25) is 0 Å². The fourth-order valence-corrected chi connectivity index (χ4v) is 4.81. The summed E-state index contributed by atoms with van der Waals surface area (Å²) in [5.41, 5.74) is 2.56. The summed E-state index contributed by atoms with van der Waals surface area (Å²) >= 11 is 0. The molecule has 0 radical (unpaired) electrons. The SMILES string of the molecule is CC(=O)N1C[C@H]2CN(C(=O)c3cc(F)cc(C#N)c3)C[C@H]2[C@H]1c1ccccc1C. The van der Waals surface area contributed by atoms with Crippen LogP contribution in [0, 0.1) is 35.9 Å². The van der Waals surface area contributed by atoms with Gasteiger partial charge in [-0.05, 0) is 36.2 Å². The van der Waals surface area contributed by atoms with E-state index in [-0.39, 0.29) is 40.8 Å². The molecule has 2 aliphatic rings. The molecule has 0 aromatic heterocycles. The Balaban J connectivity index is 1.62. The molecule has 2 heterocycles. The number of likely N-dealkylation sites (tertiary alicyclic amines) is 2. The molecule has 0 N–H and O–H groups in total. The number of benzene rings is 2. The molecule has 2 amide bonds. The summed E-state index contributed by atoms with van der Waals surface area (Å²) in [6, 6.07) is 13.6. The van der Waals surface area contributed by atoms with E-state index in [1.165, 1.54) is 12.1 Å². The maximum Gasteiger partial charge on any atom is 0.254 e. The van der Waals surface area contributed by atoms with Crippen molar-refractivity contribution in [3.63, 3.8) is 0 Å².